The van der Waals surface area contributed by atoms with Crippen LogP contribution in [0.25, 0.3) is 0 Å². The molecule has 3 aliphatic rings. The topological polar surface area (TPSA) is 68.2 Å². The minimum Gasteiger partial charge on any atom is -0.438 e. The molecule has 0 radical (unpaired) electrons. The second-order valence-corrected chi connectivity index (χ2v) is 12.7. The van der Waals surface area contributed by atoms with Crippen molar-refractivity contribution in [1.29, 1.82) is 0 Å². The fourth-order valence-corrected chi connectivity index (χ4v) is 5.74. The summed E-state index contributed by atoms with van der Waals surface area (Å²) in [6, 6.07) is 18.1. The van der Waals surface area contributed by atoms with E-state index in [2.05, 4.69) is 52.0 Å². The summed E-state index contributed by atoms with van der Waals surface area (Å²) >= 11 is 0. The van der Waals surface area contributed by atoms with Crippen LogP contribution in [0.3, 0.4) is 0 Å². The van der Waals surface area contributed by atoms with Crippen LogP contribution in [-0.2, 0) is 19.6 Å². The van der Waals surface area contributed by atoms with Gasteiger partial charge in [0, 0.05) is 19.4 Å². The van der Waals surface area contributed by atoms with E-state index in [1.807, 2.05) is 35.2 Å². The second-order valence-electron chi connectivity index (χ2n) is 12.7. The van der Waals surface area contributed by atoms with Crippen LogP contribution in [0.1, 0.15) is 84.4 Å². The summed E-state index contributed by atoms with van der Waals surface area (Å²) in [6.45, 7) is 12.3. The molecule has 1 saturated carbocycles. The number of nitrogens with zero attached hydrogens (tertiary/aromatic N) is 1. The summed E-state index contributed by atoms with van der Waals surface area (Å²) in [4.78, 5) is 15.5. The third-order valence-corrected chi connectivity index (χ3v) is 8.50. The van der Waals surface area contributed by atoms with Gasteiger partial charge in [-0.3, -0.25) is 0 Å². The van der Waals surface area contributed by atoms with E-state index in [1.54, 1.807) is 13.8 Å². The highest BCUT2D eigenvalue weighted by molar-refractivity contribution is 6.62. The van der Waals surface area contributed by atoms with Crippen LogP contribution in [0.2, 0.25) is 0 Å². The molecule has 37 heavy (non-hydrogen) atoms. The van der Waals surface area contributed by atoms with Crippen molar-refractivity contribution in [3.8, 4) is 0 Å². The molecule has 198 valence electrons. The molecule has 2 heterocycles. The Morgan fingerprint density at radius 2 is 1.59 bits per heavy atom. The maximum absolute atomic E-state index is 13.6. The average molecular weight is 505 g/mol. The first-order valence-corrected chi connectivity index (χ1v) is 13.5. The zero-order chi connectivity index (χ0) is 26.6. The van der Waals surface area contributed by atoms with E-state index in [0.29, 0.717) is 25.3 Å². The minimum absolute atomic E-state index is 0.0317. The van der Waals surface area contributed by atoms with E-state index in [0.717, 1.165) is 29.4 Å². The number of aliphatic hydroxyl groups is 1. The van der Waals surface area contributed by atoms with Gasteiger partial charge in [-0.15, -0.1) is 0 Å². The summed E-state index contributed by atoms with van der Waals surface area (Å²) in [5.41, 5.74) is 0.414. The van der Waals surface area contributed by atoms with Gasteiger partial charge in [-0.1, -0.05) is 54.6 Å². The van der Waals surface area contributed by atoms with Crippen molar-refractivity contribution in [3.63, 3.8) is 0 Å². The van der Waals surface area contributed by atoms with Crippen molar-refractivity contribution in [2.45, 2.75) is 95.7 Å². The van der Waals surface area contributed by atoms with E-state index in [-0.39, 0.29) is 12.1 Å². The Kier molecular flexibility index (Phi) is 6.49. The highest BCUT2D eigenvalue weighted by atomic mass is 16.7. The normalized spacial score (nSPS) is 26.2. The van der Waals surface area contributed by atoms with Crippen LogP contribution < -0.4 is 5.46 Å². The Bertz CT molecular complexity index is 1110. The van der Waals surface area contributed by atoms with Gasteiger partial charge in [-0.25, -0.2) is 4.79 Å². The highest BCUT2D eigenvalue weighted by Crippen LogP contribution is 2.48. The lowest BCUT2D eigenvalue weighted by molar-refractivity contribution is -0.103. The first-order chi connectivity index (χ1) is 17.3. The van der Waals surface area contributed by atoms with Gasteiger partial charge in [0.1, 0.15) is 5.60 Å². The van der Waals surface area contributed by atoms with Gasteiger partial charge in [-0.2, -0.15) is 0 Å². The molecule has 1 N–H and O–H groups in total. The Labute approximate surface area is 221 Å². The van der Waals surface area contributed by atoms with E-state index >= 15 is 0 Å². The summed E-state index contributed by atoms with van der Waals surface area (Å²) in [6.07, 6.45) is 2.86. The van der Waals surface area contributed by atoms with Gasteiger partial charge >= 0.3 is 13.2 Å². The number of ether oxygens (including phenoxy) is 1. The van der Waals surface area contributed by atoms with Gasteiger partial charge in [0.25, 0.3) is 0 Å². The number of hydrogen-bond donors (Lipinski definition) is 1. The van der Waals surface area contributed by atoms with E-state index in [9.17, 15) is 9.90 Å². The Balaban J connectivity index is 1.37. The van der Waals surface area contributed by atoms with Gasteiger partial charge in [-0.05, 0) is 76.9 Å². The summed E-state index contributed by atoms with van der Waals surface area (Å²) in [5, 5.41) is 10.7. The number of cyclic esters (lactones) is 1. The van der Waals surface area contributed by atoms with Crippen LogP contribution in [0.5, 0.6) is 0 Å². The van der Waals surface area contributed by atoms with Gasteiger partial charge < -0.3 is 24.1 Å². The average Bonchev–Trinajstić information content (AvgIpc) is 3.62. The van der Waals surface area contributed by atoms with Crippen molar-refractivity contribution < 1.29 is 23.9 Å². The molecular formula is C30H40BNO5. The third kappa shape index (κ3) is 5.18. The predicted molar refractivity (Wildman–Crippen MR) is 144 cm³/mol. The van der Waals surface area contributed by atoms with Gasteiger partial charge in [0.2, 0.25) is 0 Å². The molecule has 5 rings (SSSR count). The molecule has 6 nitrogen and oxygen atoms in total. The zero-order valence-corrected chi connectivity index (χ0v) is 23.0. The summed E-state index contributed by atoms with van der Waals surface area (Å²) in [7, 11) is -0.410. The Hall–Kier alpha value is -2.35. The fraction of sp³-hybridized carbons (Fsp3) is 0.567. The maximum Gasteiger partial charge on any atom is 0.494 e. The Morgan fingerprint density at radius 3 is 2.11 bits per heavy atom. The Morgan fingerprint density at radius 1 is 1.00 bits per heavy atom. The second kappa shape index (κ2) is 9.14. The van der Waals surface area contributed by atoms with Crippen molar-refractivity contribution in [1.82, 2.24) is 4.90 Å². The smallest absolute Gasteiger partial charge is 0.438 e. The van der Waals surface area contributed by atoms with Crippen LogP contribution in [0.15, 0.2) is 54.6 Å². The SMILES string of the molecule is CC(C)(O)CC1(c2ccccc2)CCN(C(c2ccc(B3OC(C)(C)C(C)(C)O3)cc2)C2CC2)C(=O)O1. The highest BCUT2D eigenvalue weighted by Gasteiger charge is 2.52. The molecule has 2 aromatic rings. The number of carbonyl (C=O) groups is 1. The maximum atomic E-state index is 13.6. The molecule has 0 bridgehead atoms. The minimum atomic E-state index is -0.975. The molecule has 2 saturated heterocycles. The molecule has 1 aliphatic carbocycles. The summed E-state index contributed by atoms with van der Waals surface area (Å²) in [5.74, 6) is 0.425. The molecule has 2 unspecified atom stereocenters. The zero-order valence-electron chi connectivity index (χ0n) is 23.0. The predicted octanol–water partition coefficient (Wildman–Crippen LogP) is 5.34. The lowest BCUT2D eigenvalue weighted by Gasteiger charge is -2.46. The number of benzene rings is 2. The molecule has 0 aromatic heterocycles. The first kappa shape index (κ1) is 26.3. The fourth-order valence-electron chi connectivity index (χ4n) is 5.74. The standard InChI is InChI=1S/C30H40BNO5/c1-27(2,34)20-30(23-10-8-7-9-11-23)18-19-32(26(33)35-30)25(21-12-13-21)22-14-16-24(17-15-22)31-36-28(3,4)29(5,6)37-31/h7-11,14-17,21,25,34H,12-13,18-20H2,1-6H3. The lowest BCUT2D eigenvalue weighted by Crippen LogP contribution is -2.51. The van der Waals surface area contributed by atoms with Gasteiger partial charge in [0.05, 0.1) is 22.8 Å². The van der Waals surface area contributed by atoms with Crippen molar-refractivity contribution in [3.05, 3.63) is 65.7 Å². The van der Waals surface area contributed by atoms with Crippen LogP contribution in [0, 0.1) is 5.92 Å². The molecule has 2 aliphatic heterocycles. The van der Waals surface area contributed by atoms with Crippen LogP contribution >= 0.6 is 0 Å². The van der Waals surface area contributed by atoms with E-state index in [1.165, 1.54) is 0 Å². The van der Waals surface area contributed by atoms with Crippen molar-refractivity contribution >= 4 is 18.7 Å². The number of rotatable bonds is 7. The molecule has 1 amide bonds. The van der Waals surface area contributed by atoms with Crippen molar-refractivity contribution in [2.75, 3.05) is 6.54 Å². The van der Waals surface area contributed by atoms with E-state index in [4.69, 9.17) is 14.0 Å². The monoisotopic (exact) mass is 505 g/mol. The number of amides is 1. The third-order valence-electron chi connectivity index (χ3n) is 8.50. The lowest BCUT2D eigenvalue weighted by atomic mass is 9.78. The first-order valence-electron chi connectivity index (χ1n) is 13.5. The largest absolute Gasteiger partial charge is 0.494 e. The van der Waals surface area contributed by atoms with Gasteiger partial charge in [0.15, 0.2) is 0 Å². The van der Waals surface area contributed by atoms with Crippen molar-refractivity contribution in [2.24, 2.45) is 5.92 Å². The number of hydrogen-bond acceptors (Lipinski definition) is 5. The molecule has 2 atom stereocenters. The quantitative estimate of drug-likeness (QED) is 0.515. The summed E-state index contributed by atoms with van der Waals surface area (Å²) < 4.78 is 18.7. The van der Waals surface area contributed by atoms with E-state index < -0.39 is 29.5 Å². The molecule has 7 heteroatoms. The molecule has 2 aromatic carbocycles. The number of carbonyl (C=O) groups excluding carboxylic acids is 1. The molecular weight excluding hydrogens is 465 g/mol. The molecule has 0 spiro atoms. The van der Waals surface area contributed by atoms with Crippen LogP contribution in [0.4, 0.5) is 4.79 Å². The molecule has 3 fully saturated rings. The van der Waals surface area contributed by atoms with Crippen LogP contribution in [-0.4, -0.2) is 46.6 Å².